The van der Waals surface area contributed by atoms with E-state index >= 15 is 17.6 Å². The number of nitrogens with one attached hydrogen (secondary N) is 2. The van der Waals surface area contributed by atoms with Crippen molar-refractivity contribution in [2.24, 2.45) is 40.0 Å². The van der Waals surface area contributed by atoms with Crippen molar-refractivity contribution in [1.29, 1.82) is 0 Å². The first-order valence-electron chi connectivity index (χ1n) is 33.8. The van der Waals surface area contributed by atoms with Crippen LogP contribution in [0.3, 0.4) is 0 Å². The molecule has 0 saturated heterocycles. The lowest BCUT2D eigenvalue weighted by molar-refractivity contribution is -0.123. The highest BCUT2D eigenvalue weighted by Crippen LogP contribution is 2.69. The number of aryl methyl sites for hydroxylation is 4. The maximum atomic E-state index is 15.4. The number of benzene rings is 4. The Balaban J connectivity index is 0.000000175. The van der Waals surface area contributed by atoms with Crippen molar-refractivity contribution in [2.45, 2.75) is 87.4 Å². The summed E-state index contributed by atoms with van der Waals surface area (Å²) in [6.07, 6.45) is -1.23. The van der Waals surface area contributed by atoms with Gasteiger partial charge in [0.25, 0.3) is 24.7 Å². The van der Waals surface area contributed by atoms with E-state index in [4.69, 9.17) is 33.2 Å². The van der Waals surface area contributed by atoms with Crippen LogP contribution >= 0.6 is 23.2 Å². The van der Waals surface area contributed by atoms with Crippen LogP contribution in [0.2, 0.25) is 10.0 Å². The molecule has 0 spiro atoms. The molecule has 0 bridgehead atoms. The van der Waals surface area contributed by atoms with E-state index in [-0.39, 0.29) is 91.8 Å². The minimum absolute atomic E-state index is 0.0331. The number of aromatic nitrogens is 12. The van der Waals surface area contributed by atoms with Gasteiger partial charge in [-0.25, -0.2) is 61.9 Å². The van der Waals surface area contributed by atoms with E-state index in [9.17, 15) is 61.5 Å². The monoisotopic (exact) mass is 1610 g/mol. The fourth-order valence-corrected chi connectivity index (χ4v) is 16.9. The third-order valence-corrected chi connectivity index (χ3v) is 23.7. The average molecular weight is 1610 g/mol. The summed E-state index contributed by atoms with van der Waals surface area (Å²) in [6.45, 7) is -1.73. The molecule has 8 heterocycles. The molecule has 8 aromatic heterocycles. The number of hydrogen-bond donors (Lipinski definition) is 2. The summed E-state index contributed by atoms with van der Waals surface area (Å²) < 4.78 is 236. The predicted molar refractivity (Wildman–Crippen MR) is 383 cm³/mol. The summed E-state index contributed by atoms with van der Waals surface area (Å²) >= 11 is 13.4. The average Bonchev–Trinajstić information content (AvgIpc) is 1.52. The number of carbonyl (C=O) groups is 2. The Morgan fingerprint density at radius 2 is 0.882 bits per heavy atom. The van der Waals surface area contributed by atoms with Gasteiger partial charge >= 0.3 is 0 Å². The number of rotatable bonds is 20. The largest absolute Gasteiger partial charge is 0.349 e. The molecule has 2 fully saturated rings. The smallest absolute Gasteiger partial charge is 0.293 e. The maximum Gasteiger partial charge on any atom is 0.293 e. The van der Waals surface area contributed by atoms with Crippen LogP contribution < -0.4 is 19.2 Å². The molecular formula is C72H62Cl2F12N16O6S2. The summed E-state index contributed by atoms with van der Waals surface area (Å²) in [5.41, 5.74) is 1.64. The Kier molecular flexibility index (Phi) is 18.3. The van der Waals surface area contributed by atoms with Gasteiger partial charge in [0.2, 0.25) is 31.9 Å². The fraction of sp³-hybridized carbons (Fsp3) is 0.333. The van der Waals surface area contributed by atoms with Crippen LogP contribution in [0.25, 0.3) is 66.1 Å². The molecular weight excluding hydrogens is 1550 g/mol. The molecule has 0 aliphatic heterocycles. The molecule has 12 aromatic rings. The van der Waals surface area contributed by atoms with Gasteiger partial charge in [-0.15, -0.1) is 0 Å². The molecule has 110 heavy (non-hydrogen) atoms. The molecule has 4 aliphatic carbocycles. The zero-order valence-corrected chi connectivity index (χ0v) is 62.1. The van der Waals surface area contributed by atoms with Crippen molar-refractivity contribution >= 4 is 111 Å². The first kappa shape index (κ1) is 75.2. The lowest BCUT2D eigenvalue weighted by atomic mass is 9.93. The summed E-state index contributed by atoms with van der Waals surface area (Å²) in [5.74, 6) is -16.1. The van der Waals surface area contributed by atoms with Crippen LogP contribution in [-0.4, -0.2) is 113 Å². The number of alkyl halides is 8. The summed E-state index contributed by atoms with van der Waals surface area (Å²) in [6, 6.07) is 16.5. The molecule has 4 aliphatic rings. The highest BCUT2D eigenvalue weighted by Gasteiger charge is 2.68. The Morgan fingerprint density at radius 1 is 0.527 bits per heavy atom. The van der Waals surface area contributed by atoms with Crippen LogP contribution in [0.1, 0.15) is 106 Å². The Hall–Kier alpha value is -10.2. The predicted octanol–water partition coefficient (Wildman–Crippen LogP) is 13.8. The van der Waals surface area contributed by atoms with Gasteiger partial charge in [0.15, 0.2) is 11.6 Å². The lowest BCUT2D eigenvalue weighted by Gasteiger charge is -2.23. The molecule has 2 saturated carbocycles. The van der Waals surface area contributed by atoms with Gasteiger partial charge in [0.05, 0.1) is 89.9 Å². The van der Waals surface area contributed by atoms with E-state index in [1.807, 2.05) is 0 Å². The molecule has 22 nitrogen and oxygen atoms in total. The number of fused-ring (bicyclic) bond motifs is 10. The molecule has 576 valence electrons. The molecule has 6 atom stereocenters. The number of amides is 2. The minimum atomic E-state index is -3.79. The number of hydrogen-bond acceptors (Lipinski definition) is 12. The number of sulfonamides is 2. The van der Waals surface area contributed by atoms with Crippen molar-refractivity contribution in [2.75, 3.05) is 35.2 Å². The number of carbonyl (C=O) groups excluding carboxylic acids is 2. The van der Waals surface area contributed by atoms with E-state index in [1.165, 1.54) is 23.5 Å². The third-order valence-electron chi connectivity index (χ3n) is 20.8. The second-order valence-corrected chi connectivity index (χ2v) is 32.9. The van der Waals surface area contributed by atoms with Crippen molar-refractivity contribution in [3.05, 3.63) is 187 Å². The zero-order chi connectivity index (χ0) is 78.9. The van der Waals surface area contributed by atoms with Gasteiger partial charge in [-0.1, -0.05) is 35.3 Å². The highest BCUT2D eigenvalue weighted by molar-refractivity contribution is 7.92. The normalized spacial score (nSPS) is 17.9. The van der Waals surface area contributed by atoms with Crippen LogP contribution in [-0.2, 0) is 95.6 Å². The Labute approximate surface area is 627 Å². The van der Waals surface area contributed by atoms with Crippen molar-refractivity contribution in [3.8, 4) is 22.3 Å². The summed E-state index contributed by atoms with van der Waals surface area (Å²) in [4.78, 5) is 37.7. The molecule has 1 unspecified atom stereocenters. The SMILES string of the molecule is CN(c1nn(C)c2c(-c3cc4c(ccn4C)nc3C(Cc3cc(F)cc(F)c3)NC(=O)Cn3nc(C(F)F)c4c3C(F)(F)[C@@H]3C[C@H]43)ccc(Cl)c12)S(C)(=O)=O.CN(c1nn(C)c2c(-c3cc4c(ccn4C)nc3[C@H](Cc3cc(F)cc(F)c3)NC(=O)Cn3nc(C(F)F)c4c3C(F)(F)[C@@H]3C[C@H]43)ccc(Cl)c12)S(C)(=O)=O. The minimum Gasteiger partial charge on any atom is -0.349 e. The fourth-order valence-electron chi connectivity index (χ4n) is 15.5. The number of halogens is 14. The standard InChI is InChI=1S/2C36H31ClF6N8O3S/c2*1-48-8-7-24-26(48)14-20(19-5-6-23(37)29-32(19)49(2)47-35(29)50(3)55(4,53)54)30(45-24)25(11-16-9-17(38)12-18(39)10-16)44-27(52)15-51-33-28(31(46-51)34(40)41)21-13-22(21)36(33,42)43/h2*5-10,12,14,21-22,25,34H,11,13,15H2,1-4H3,(H,44,52)/t21-,22+,25?;21-,22+,25-/m00/s1. The molecule has 0 radical (unpaired) electrons. The molecule has 2 amide bonds. The van der Waals surface area contributed by atoms with Crippen LogP contribution in [0.15, 0.2) is 97.3 Å². The summed E-state index contributed by atoms with van der Waals surface area (Å²) in [7, 11) is 1.78. The molecule has 38 heteroatoms. The number of pyridine rings is 2. The van der Waals surface area contributed by atoms with E-state index in [0.29, 0.717) is 76.9 Å². The van der Waals surface area contributed by atoms with Gasteiger partial charge in [-0.3, -0.25) is 36.9 Å². The molecule has 4 aromatic carbocycles. The van der Waals surface area contributed by atoms with Gasteiger partial charge in [0, 0.05) is 112 Å². The van der Waals surface area contributed by atoms with Gasteiger partial charge < -0.3 is 19.8 Å². The first-order valence-corrected chi connectivity index (χ1v) is 38.3. The Bertz CT molecular complexity index is 5710. The van der Waals surface area contributed by atoms with Crippen LogP contribution in [0.4, 0.5) is 64.3 Å². The zero-order valence-electron chi connectivity index (χ0n) is 58.9. The van der Waals surface area contributed by atoms with E-state index in [2.05, 4.69) is 31.0 Å². The third kappa shape index (κ3) is 13.0. The molecule has 2 N–H and O–H groups in total. The van der Waals surface area contributed by atoms with Crippen LogP contribution in [0, 0.1) is 35.1 Å². The quantitative estimate of drug-likeness (QED) is 0.0677. The first-order chi connectivity index (χ1) is 51.7. The van der Waals surface area contributed by atoms with E-state index < -0.39 is 151 Å². The van der Waals surface area contributed by atoms with Crippen molar-refractivity contribution < 1.29 is 79.1 Å². The van der Waals surface area contributed by atoms with Crippen LogP contribution in [0.5, 0.6) is 0 Å². The van der Waals surface area contributed by atoms with Crippen molar-refractivity contribution in [1.82, 2.24) is 68.9 Å². The lowest BCUT2D eigenvalue weighted by Crippen LogP contribution is -2.35. The van der Waals surface area contributed by atoms with E-state index in [0.717, 1.165) is 45.4 Å². The van der Waals surface area contributed by atoms with Gasteiger partial charge in [-0.05, 0) is 109 Å². The highest BCUT2D eigenvalue weighted by atomic mass is 35.5. The van der Waals surface area contributed by atoms with Gasteiger partial charge in [-0.2, -0.15) is 38.0 Å². The van der Waals surface area contributed by atoms with Crippen molar-refractivity contribution in [3.63, 3.8) is 0 Å². The van der Waals surface area contributed by atoms with E-state index in [1.54, 1.807) is 98.2 Å². The number of nitrogens with zero attached hydrogens (tertiary/aromatic N) is 14. The summed E-state index contributed by atoms with van der Waals surface area (Å²) in [5, 5.41) is 22.9. The van der Waals surface area contributed by atoms with Gasteiger partial charge in [0.1, 0.15) is 59.1 Å². The maximum absolute atomic E-state index is 15.4. The molecule has 16 rings (SSSR count). The Morgan fingerprint density at radius 3 is 1.22 bits per heavy atom. The second kappa shape index (κ2) is 26.8. The second-order valence-electron chi connectivity index (χ2n) is 28.1. The number of anilines is 2. The topological polar surface area (TPSA) is 240 Å².